The van der Waals surface area contributed by atoms with Crippen molar-refractivity contribution in [3.63, 3.8) is 0 Å². The van der Waals surface area contributed by atoms with Crippen molar-refractivity contribution in [1.29, 1.82) is 0 Å². The lowest BCUT2D eigenvalue weighted by Gasteiger charge is -2.21. The number of carbonyl (C=O) groups excluding carboxylic acids is 1. The highest BCUT2D eigenvalue weighted by Crippen LogP contribution is 2.11. The number of anilines is 1. The summed E-state index contributed by atoms with van der Waals surface area (Å²) in [6.07, 6.45) is 3.67. The normalized spacial score (nSPS) is 10.5. The molecule has 0 radical (unpaired) electrons. The van der Waals surface area contributed by atoms with Crippen LogP contribution in [0.3, 0.4) is 0 Å². The van der Waals surface area contributed by atoms with E-state index < -0.39 is 0 Å². The summed E-state index contributed by atoms with van der Waals surface area (Å²) in [5.74, 6) is 1.26. The van der Waals surface area contributed by atoms with Gasteiger partial charge in [0.15, 0.2) is 11.5 Å². The highest BCUT2D eigenvalue weighted by molar-refractivity contribution is 5.92. The second kappa shape index (κ2) is 8.17. The smallest absolute Gasteiger partial charge is 0.272 e. The summed E-state index contributed by atoms with van der Waals surface area (Å²) in [5, 5.41) is 11.0. The number of amides is 1. The number of rotatable bonds is 8. The number of furan rings is 1. The van der Waals surface area contributed by atoms with Gasteiger partial charge in [-0.3, -0.25) is 4.79 Å². The molecule has 1 amide bonds. The average molecular weight is 302 g/mol. The van der Waals surface area contributed by atoms with Crippen LogP contribution in [0.2, 0.25) is 0 Å². The summed E-state index contributed by atoms with van der Waals surface area (Å²) in [5.41, 5.74) is 0.309. The highest BCUT2D eigenvalue weighted by atomic mass is 16.3. The summed E-state index contributed by atoms with van der Waals surface area (Å²) in [4.78, 5) is 14.2. The Labute approximate surface area is 130 Å². The zero-order valence-electron chi connectivity index (χ0n) is 13.1. The minimum Gasteiger partial charge on any atom is -0.467 e. The van der Waals surface area contributed by atoms with Crippen molar-refractivity contribution >= 4 is 11.7 Å². The molecule has 0 aliphatic carbocycles. The molecule has 2 aromatic heterocycles. The van der Waals surface area contributed by atoms with Crippen LogP contribution in [0.1, 0.15) is 42.9 Å². The predicted octanol–water partition coefficient (Wildman–Crippen LogP) is 2.63. The van der Waals surface area contributed by atoms with Crippen LogP contribution in [0.4, 0.5) is 5.82 Å². The van der Waals surface area contributed by atoms with E-state index in [0.717, 1.165) is 31.7 Å². The molecular weight excluding hydrogens is 280 g/mol. The Morgan fingerprint density at radius 3 is 2.50 bits per heavy atom. The Balaban J connectivity index is 1.96. The van der Waals surface area contributed by atoms with Gasteiger partial charge >= 0.3 is 0 Å². The Hall–Kier alpha value is -2.37. The van der Waals surface area contributed by atoms with Crippen LogP contribution in [0, 0.1) is 0 Å². The van der Waals surface area contributed by atoms with Crippen molar-refractivity contribution in [2.24, 2.45) is 0 Å². The lowest BCUT2D eigenvalue weighted by atomic mass is 10.3. The number of carbonyl (C=O) groups is 1. The molecule has 0 bridgehead atoms. The number of aromatic nitrogens is 2. The second-order valence-electron chi connectivity index (χ2n) is 5.03. The first-order valence-electron chi connectivity index (χ1n) is 7.63. The summed E-state index contributed by atoms with van der Waals surface area (Å²) in [6.45, 7) is 6.48. The van der Waals surface area contributed by atoms with Crippen molar-refractivity contribution < 1.29 is 9.21 Å². The lowest BCUT2D eigenvalue weighted by molar-refractivity contribution is 0.0942. The molecule has 0 aliphatic rings. The summed E-state index contributed by atoms with van der Waals surface area (Å²) in [7, 11) is 0. The second-order valence-corrected chi connectivity index (χ2v) is 5.03. The molecule has 0 saturated heterocycles. The van der Waals surface area contributed by atoms with Gasteiger partial charge in [-0.2, -0.15) is 0 Å². The van der Waals surface area contributed by atoms with Gasteiger partial charge in [0.2, 0.25) is 0 Å². The van der Waals surface area contributed by atoms with E-state index in [2.05, 4.69) is 34.3 Å². The van der Waals surface area contributed by atoms with E-state index in [4.69, 9.17) is 4.42 Å². The van der Waals surface area contributed by atoms with E-state index in [1.807, 2.05) is 12.1 Å². The molecule has 0 saturated carbocycles. The summed E-state index contributed by atoms with van der Waals surface area (Å²) >= 11 is 0. The van der Waals surface area contributed by atoms with Crippen molar-refractivity contribution in [2.45, 2.75) is 33.2 Å². The van der Waals surface area contributed by atoms with Crippen LogP contribution in [-0.2, 0) is 6.54 Å². The van der Waals surface area contributed by atoms with E-state index in [-0.39, 0.29) is 5.91 Å². The molecule has 0 unspecified atom stereocenters. The molecule has 22 heavy (non-hydrogen) atoms. The fourth-order valence-electron chi connectivity index (χ4n) is 2.17. The van der Waals surface area contributed by atoms with Gasteiger partial charge in [-0.1, -0.05) is 13.8 Å². The largest absolute Gasteiger partial charge is 0.467 e. The fraction of sp³-hybridized carbons (Fsp3) is 0.438. The van der Waals surface area contributed by atoms with Crippen molar-refractivity contribution in [3.05, 3.63) is 42.0 Å². The van der Waals surface area contributed by atoms with Gasteiger partial charge in [-0.05, 0) is 37.1 Å². The number of nitrogens with one attached hydrogen (secondary N) is 1. The van der Waals surface area contributed by atoms with Crippen molar-refractivity contribution in [3.8, 4) is 0 Å². The maximum Gasteiger partial charge on any atom is 0.272 e. The molecule has 2 rings (SSSR count). The van der Waals surface area contributed by atoms with Gasteiger partial charge in [-0.25, -0.2) is 0 Å². The minimum atomic E-state index is -0.256. The van der Waals surface area contributed by atoms with Gasteiger partial charge in [0.05, 0.1) is 12.8 Å². The van der Waals surface area contributed by atoms with Gasteiger partial charge in [-0.15, -0.1) is 10.2 Å². The molecule has 0 aromatic carbocycles. The molecule has 118 valence electrons. The van der Waals surface area contributed by atoms with Crippen LogP contribution >= 0.6 is 0 Å². The van der Waals surface area contributed by atoms with Crippen molar-refractivity contribution in [1.82, 2.24) is 15.5 Å². The fourth-order valence-corrected chi connectivity index (χ4v) is 2.17. The monoisotopic (exact) mass is 302 g/mol. The predicted molar refractivity (Wildman–Crippen MR) is 84.7 cm³/mol. The Bertz CT molecular complexity index is 560. The molecule has 0 atom stereocenters. The Kier molecular flexibility index (Phi) is 5.94. The topological polar surface area (TPSA) is 71.3 Å². The lowest BCUT2D eigenvalue weighted by Crippen LogP contribution is -2.27. The molecule has 0 aliphatic heterocycles. The molecule has 2 heterocycles. The number of hydrogen-bond donors (Lipinski definition) is 1. The van der Waals surface area contributed by atoms with Crippen LogP contribution in [0.15, 0.2) is 34.9 Å². The molecule has 6 heteroatoms. The average Bonchev–Trinajstić information content (AvgIpc) is 3.06. The molecule has 0 fully saturated rings. The summed E-state index contributed by atoms with van der Waals surface area (Å²) in [6, 6.07) is 7.15. The molecule has 6 nitrogen and oxygen atoms in total. The van der Waals surface area contributed by atoms with E-state index in [1.54, 1.807) is 18.4 Å². The minimum absolute atomic E-state index is 0.256. The van der Waals surface area contributed by atoms with Gasteiger partial charge < -0.3 is 14.6 Å². The first-order chi connectivity index (χ1) is 10.7. The van der Waals surface area contributed by atoms with Crippen LogP contribution < -0.4 is 10.2 Å². The van der Waals surface area contributed by atoms with E-state index in [1.165, 1.54) is 0 Å². The standard InChI is InChI=1S/C16H22N4O2/c1-3-9-20(10-4-2)15-8-7-14(18-19-15)16(21)17-12-13-6-5-11-22-13/h5-8,11H,3-4,9-10,12H2,1-2H3,(H,17,21). The van der Waals surface area contributed by atoms with Crippen LogP contribution in [0.5, 0.6) is 0 Å². The van der Waals surface area contributed by atoms with Crippen LogP contribution in [0.25, 0.3) is 0 Å². The molecule has 0 spiro atoms. The first kappa shape index (κ1) is 16.0. The third-order valence-electron chi connectivity index (χ3n) is 3.20. The van der Waals surface area contributed by atoms with E-state index in [9.17, 15) is 4.79 Å². The quantitative estimate of drug-likeness (QED) is 0.811. The number of hydrogen-bond acceptors (Lipinski definition) is 5. The van der Waals surface area contributed by atoms with Gasteiger partial charge in [0.25, 0.3) is 5.91 Å². The van der Waals surface area contributed by atoms with Crippen molar-refractivity contribution in [2.75, 3.05) is 18.0 Å². The van der Waals surface area contributed by atoms with Gasteiger partial charge in [0, 0.05) is 13.1 Å². The van der Waals surface area contributed by atoms with Crippen LogP contribution in [-0.4, -0.2) is 29.2 Å². The Morgan fingerprint density at radius 2 is 1.95 bits per heavy atom. The Morgan fingerprint density at radius 1 is 1.18 bits per heavy atom. The van der Waals surface area contributed by atoms with Gasteiger partial charge in [0.1, 0.15) is 5.76 Å². The maximum absolute atomic E-state index is 12.0. The first-order valence-corrected chi connectivity index (χ1v) is 7.63. The van der Waals surface area contributed by atoms with E-state index in [0.29, 0.717) is 18.0 Å². The molecule has 2 aromatic rings. The molecular formula is C16H22N4O2. The summed E-state index contributed by atoms with van der Waals surface area (Å²) < 4.78 is 5.17. The molecule has 1 N–H and O–H groups in total. The zero-order chi connectivity index (χ0) is 15.8. The third kappa shape index (κ3) is 4.31. The maximum atomic E-state index is 12.0. The number of nitrogens with zero attached hydrogens (tertiary/aromatic N) is 3. The zero-order valence-corrected chi connectivity index (χ0v) is 13.1. The van der Waals surface area contributed by atoms with E-state index >= 15 is 0 Å². The highest BCUT2D eigenvalue weighted by Gasteiger charge is 2.11. The third-order valence-corrected chi connectivity index (χ3v) is 3.20. The SMILES string of the molecule is CCCN(CCC)c1ccc(C(=O)NCc2ccco2)nn1.